The van der Waals surface area contributed by atoms with Crippen molar-refractivity contribution in [3.8, 4) is 0 Å². The van der Waals surface area contributed by atoms with Gasteiger partial charge in [-0.15, -0.1) is 0 Å². The number of unbranched alkanes of at least 4 members (excludes halogenated alkanes) is 22. The first-order valence-corrected chi connectivity index (χ1v) is 23.8. The Morgan fingerprint density at radius 3 is 1.18 bits per heavy atom. The molecule has 0 saturated heterocycles. The second-order valence-electron chi connectivity index (χ2n) is 15.6. The maximum Gasteiger partial charge on any atom is 0.306 e. The van der Waals surface area contributed by atoms with E-state index in [2.05, 4.69) is 81.5 Å². The lowest BCUT2D eigenvalue weighted by Gasteiger charge is -2.18. The van der Waals surface area contributed by atoms with Gasteiger partial charge in [0.05, 0.1) is 13.2 Å². The largest absolute Gasteiger partial charge is 0.462 e. The number of esters is 2. The van der Waals surface area contributed by atoms with Gasteiger partial charge in [-0.2, -0.15) is 0 Å². The van der Waals surface area contributed by atoms with E-state index in [4.69, 9.17) is 14.2 Å². The Balaban J connectivity index is 4.30. The predicted octanol–water partition coefficient (Wildman–Crippen LogP) is 15.8. The lowest BCUT2D eigenvalue weighted by Crippen LogP contribution is -2.30. The minimum Gasteiger partial charge on any atom is -0.462 e. The molecule has 0 aliphatic carbocycles. The third kappa shape index (κ3) is 44.3. The molecule has 56 heavy (non-hydrogen) atoms. The molecule has 0 aliphatic heterocycles. The fourth-order valence-corrected chi connectivity index (χ4v) is 6.57. The number of carbonyl (C=O) groups excluding carboxylic acids is 2. The monoisotopic (exact) mass is 783 g/mol. The molecule has 0 heterocycles. The topological polar surface area (TPSA) is 61.8 Å². The number of carbonyl (C=O) groups is 2. The van der Waals surface area contributed by atoms with Crippen LogP contribution < -0.4 is 0 Å². The summed E-state index contributed by atoms with van der Waals surface area (Å²) in [4.78, 5) is 25.2. The van der Waals surface area contributed by atoms with Gasteiger partial charge in [0.15, 0.2) is 6.10 Å². The van der Waals surface area contributed by atoms with Crippen LogP contribution in [0.2, 0.25) is 0 Å². The Hall–Kier alpha value is -2.40. The first kappa shape index (κ1) is 53.6. The Morgan fingerprint density at radius 2 is 0.768 bits per heavy atom. The van der Waals surface area contributed by atoms with Crippen molar-refractivity contribution < 1.29 is 23.8 Å². The molecule has 0 saturated carbocycles. The second kappa shape index (κ2) is 47.0. The molecular weight excluding hydrogens is 693 g/mol. The van der Waals surface area contributed by atoms with Gasteiger partial charge in [-0.25, -0.2) is 0 Å². The molecule has 0 bridgehead atoms. The average Bonchev–Trinajstić information content (AvgIpc) is 3.20. The Bertz CT molecular complexity index is 977. The molecule has 0 radical (unpaired) electrons. The minimum atomic E-state index is -0.570. The minimum absolute atomic E-state index is 0.0583. The van der Waals surface area contributed by atoms with Crippen LogP contribution >= 0.6 is 0 Å². The average molecular weight is 783 g/mol. The third-order valence-electron chi connectivity index (χ3n) is 10.1. The molecule has 5 heteroatoms. The van der Waals surface area contributed by atoms with Crippen LogP contribution in [0.5, 0.6) is 0 Å². The van der Waals surface area contributed by atoms with Crippen LogP contribution in [0.15, 0.2) is 60.8 Å². The lowest BCUT2D eigenvalue weighted by molar-refractivity contribution is -0.162. The van der Waals surface area contributed by atoms with Gasteiger partial charge in [0.2, 0.25) is 0 Å². The van der Waals surface area contributed by atoms with Crippen LogP contribution in [0.25, 0.3) is 0 Å². The van der Waals surface area contributed by atoms with Crippen molar-refractivity contribution in [2.24, 2.45) is 0 Å². The summed E-state index contributed by atoms with van der Waals surface area (Å²) >= 11 is 0. The van der Waals surface area contributed by atoms with Gasteiger partial charge in [-0.05, 0) is 51.4 Å². The highest BCUT2D eigenvalue weighted by Gasteiger charge is 2.17. The molecule has 324 valence electrons. The van der Waals surface area contributed by atoms with Crippen LogP contribution in [-0.4, -0.2) is 37.9 Å². The summed E-state index contributed by atoms with van der Waals surface area (Å²) in [5.74, 6) is -0.434. The molecule has 1 atom stereocenters. The summed E-state index contributed by atoms with van der Waals surface area (Å²) in [6.45, 7) is 7.50. The highest BCUT2D eigenvalue weighted by atomic mass is 16.6. The summed E-state index contributed by atoms with van der Waals surface area (Å²) in [5.41, 5.74) is 0. The van der Waals surface area contributed by atoms with Crippen molar-refractivity contribution in [1.82, 2.24) is 0 Å². The molecule has 0 aliphatic rings. The molecule has 0 aromatic carbocycles. The van der Waals surface area contributed by atoms with Crippen molar-refractivity contribution in [2.45, 2.75) is 232 Å². The Morgan fingerprint density at radius 1 is 0.411 bits per heavy atom. The number of hydrogen-bond donors (Lipinski definition) is 0. The summed E-state index contributed by atoms with van der Waals surface area (Å²) in [6, 6.07) is 0. The smallest absolute Gasteiger partial charge is 0.306 e. The van der Waals surface area contributed by atoms with Gasteiger partial charge in [-0.3, -0.25) is 9.59 Å². The summed E-state index contributed by atoms with van der Waals surface area (Å²) in [7, 11) is 0. The maximum absolute atomic E-state index is 12.7. The van der Waals surface area contributed by atoms with E-state index in [0.29, 0.717) is 19.4 Å². The van der Waals surface area contributed by atoms with Gasteiger partial charge < -0.3 is 14.2 Å². The molecule has 0 spiro atoms. The normalized spacial score (nSPS) is 12.7. The summed E-state index contributed by atoms with van der Waals surface area (Å²) in [5, 5.41) is 0. The van der Waals surface area contributed by atoms with Crippen LogP contribution in [0.4, 0.5) is 0 Å². The SMILES string of the molecule is CC/C=C\C/C=C\C/C=C\C/C=C\C/C=C\CCOCC(COC(=O)CCCCCCCCCCCCCCCCC)OC(=O)CCCCCCCCCCC. The summed E-state index contributed by atoms with van der Waals surface area (Å²) in [6.07, 6.45) is 58.2. The molecule has 0 N–H and O–H groups in total. The molecule has 0 aromatic heterocycles. The number of allylic oxidation sites excluding steroid dienone is 9. The fraction of sp³-hybridized carbons (Fsp3) is 0.765. The van der Waals surface area contributed by atoms with Crippen molar-refractivity contribution >= 4 is 11.9 Å². The second-order valence-corrected chi connectivity index (χ2v) is 15.6. The van der Waals surface area contributed by atoms with Crippen LogP contribution in [0.3, 0.4) is 0 Å². The van der Waals surface area contributed by atoms with E-state index in [1.165, 1.54) is 128 Å². The molecule has 1 unspecified atom stereocenters. The Kier molecular flexibility index (Phi) is 45.0. The van der Waals surface area contributed by atoms with E-state index in [1.807, 2.05) is 0 Å². The van der Waals surface area contributed by atoms with Gasteiger partial charge in [0.25, 0.3) is 0 Å². The highest BCUT2D eigenvalue weighted by molar-refractivity contribution is 5.70. The van der Waals surface area contributed by atoms with Crippen molar-refractivity contribution in [1.29, 1.82) is 0 Å². The summed E-state index contributed by atoms with van der Waals surface area (Å²) < 4.78 is 17.2. The van der Waals surface area contributed by atoms with Crippen molar-refractivity contribution in [3.63, 3.8) is 0 Å². The van der Waals surface area contributed by atoms with Crippen molar-refractivity contribution in [3.05, 3.63) is 60.8 Å². The van der Waals surface area contributed by atoms with E-state index in [-0.39, 0.29) is 25.2 Å². The first-order chi connectivity index (χ1) is 27.6. The number of ether oxygens (including phenoxy) is 3. The van der Waals surface area contributed by atoms with Crippen LogP contribution in [-0.2, 0) is 23.8 Å². The van der Waals surface area contributed by atoms with E-state index in [0.717, 1.165) is 64.2 Å². The van der Waals surface area contributed by atoms with E-state index in [9.17, 15) is 9.59 Å². The fourth-order valence-electron chi connectivity index (χ4n) is 6.57. The van der Waals surface area contributed by atoms with E-state index >= 15 is 0 Å². The third-order valence-corrected chi connectivity index (χ3v) is 10.1. The first-order valence-electron chi connectivity index (χ1n) is 23.8. The van der Waals surface area contributed by atoms with E-state index < -0.39 is 6.10 Å². The maximum atomic E-state index is 12.7. The van der Waals surface area contributed by atoms with Gasteiger partial charge >= 0.3 is 11.9 Å². The van der Waals surface area contributed by atoms with Crippen molar-refractivity contribution in [2.75, 3.05) is 19.8 Å². The predicted molar refractivity (Wildman–Crippen MR) is 242 cm³/mol. The number of hydrogen-bond acceptors (Lipinski definition) is 5. The standard InChI is InChI=1S/C51H90O5/c1-4-7-10-13-16-19-21-23-25-27-29-31-34-37-40-43-46-54-47-49(56-51(53)45-42-39-36-32-18-15-12-9-6-3)48-55-50(52)44-41-38-35-33-30-28-26-24-22-20-17-14-11-8-5-2/h7,10,16,19,23,25,29,31,37,40,49H,4-6,8-9,11-15,17-18,20-22,24,26-28,30,32-36,38-39,41-48H2,1-3H3/b10-7-,19-16-,25-23-,31-29-,40-37-. The molecule has 5 nitrogen and oxygen atoms in total. The van der Waals surface area contributed by atoms with Gasteiger partial charge in [-0.1, -0.05) is 223 Å². The number of rotatable bonds is 43. The zero-order chi connectivity index (χ0) is 40.7. The van der Waals surface area contributed by atoms with Crippen LogP contribution in [0, 0.1) is 0 Å². The molecule has 0 rings (SSSR count). The molecule has 0 fully saturated rings. The molecular formula is C51H90O5. The molecule has 0 aromatic rings. The zero-order valence-corrected chi connectivity index (χ0v) is 37.1. The highest BCUT2D eigenvalue weighted by Crippen LogP contribution is 2.15. The lowest BCUT2D eigenvalue weighted by atomic mass is 10.0. The van der Waals surface area contributed by atoms with Gasteiger partial charge in [0, 0.05) is 12.8 Å². The zero-order valence-electron chi connectivity index (χ0n) is 37.1. The van der Waals surface area contributed by atoms with Crippen LogP contribution in [0.1, 0.15) is 226 Å². The van der Waals surface area contributed by atoms with Gasteiger partial charge in [0.1, 0.15) is 6.61 Å². The molecule has 0 amide bonds. The van der Waals surface area contributed by atoms with E-state index in [1.54, 1.807) is 0 Å². The Labute approximate surface area is 347 Å². The quantitative estimate of drug-likeness (QED) is 0.0350.